The molecule has 45 heavy (non-hydrogen) atoms. The van der Waals surface area contributed by atoms with Gasteiger partial charge < -0.3 is 5.11 Å². The Hall–Kier alpha value is -3.84. The van der Waals surface area contributed by atoms with Crippen molar-refractivity contribution in [3.05, 3.63) is 70.3 Å². The molecule has 19 heteroatoms. The van der Waals surface area contributed by atoms with Gasteiger partial charge in [0.15, 0.2) is 19.7 Å². The smallest absolute Gasteiger partial charge is 0.386 e. The molecule has 0 aliphatic heterocycles. The summed E-state index contributed by atoms with van der Waals surface area (Å²) >= 11 is 0. The highest BCUT2D eigenvalue weighted by molar-refractivity contribution is 7.91. The molecular weight excluding hydrogens is 654 g/mol. The number of hydrogen-bond donors (Lipinski definition) is 1. The van der Waals surface area contributed by atoms with Crippen molar-refractivity contribution in [3.8, 4) is 11.4 Å². The van der Waals surface area contributed by atoms with Crippen molar-refractivity contribution in [2.45, 2.75) is 62.4 Å². The second kappa shape index (κ2) is 11.8. The largest absolute Gasteiger partial charge is 0.416 e. The van der Waals surface area contributed by atoms with Gasteiger partial charge in [-0.3, -0.25) is 0 Å². The second-order valence-electron chi connectivity index (χ2n) is 9.89. The van der Waals surface area contributed by atoms with E-state index in [0.717, 1.165) is 21.5 Å². The molecule has 2 aromatic carbocycles. The Morgan fingerprint density at radius 1 is 0.733 bits per heavy atom. The fraction of sp³-hybridized carbons (Fsp3) is 0.385. The Labute approximate surface area is 253 Å². The highest BCUT2D eigenvalue weighted by atomic mass is 32.2. The number of aliphatic hydroxyl groups excluding tert-OH is 1. The van der Waals surface area contributed by atoms with Crippen molar-refractivity contribution in [2.24, 2.45) is 0 Å². The van der Waals surface area contributed by atoms with Crippen LogP contribution in [0.2, 0.25) is 0 Å². The first kappa shape index (κ1) is 34.0. The predicted octanol–water partition coefficient (Wildman–Crippen LogP) is 4.37. The number of benzene rings is 2. The summed E-state index contributed by atoms with van der Waals surface area (Å²) in [5.41, 5.74) is -2.45. The Balaban J connectivity index is 1.72. The fourth-order valence-electron chi connectivity index (χ4n) is 4.48. The maximum atomic E-state index is 13.3. The monoisotopic (exact) mass is 680 g/mol. The normalized spacial score (nSPS) is 13.8. The highest BCUT2D eigenvalue weighted by Crippen LogP contribution is 2.35. The van der Waals surface area contributed by atoms with Crippen LogP contribution in [0.4, 0.5) is 26.3 Å². The van der Waals surface area contributed by atoms with Crippen molar-refractivity contribution in [2.75, 3.05) is 11.5 Å². The van der Waals surface area contributed by atoms with E-state index in [9.17, 15) is 48.3 Å². The molecule has 4 aromatic rings. The van der Waals surface area contributed by atoms with Crippen molar-refractivity contribution in [1.82, 2.24) is 30.0 Å². The zero-order chi connectivity index (χ0) is 33.7. The number of rotatable bonds is 9. The van der Waals surface area contributed by atoms with Gasteiger partial charge in [-0.1, -0.05) is 24.3 Å². The van der Waals surface area contributed by atoms with Crippen molar-refractivity contribution in [3.63, 3.8) is 0 Å². The second-order valence-corrected chi connectivity index (χ2v) is 14.4. The average molecular weight is 681 g/mol. The molecule has 0 fully saturated rings. The van der Waals surface area contributed by atoms with Gasteiger partial charge in [-0.25, -0.2) is 26.2 Å². The minimum absolute atomic E-state index is 0.0764. The molecule has 1 unspecified atom stereocenters. The van der Waals surface area contributed by atoms with Crippen LogP contribution in [0.1, 0.15) is 53.9 Å². The number of aliphatic hydroxyl groups is 1. The third kappa shape index (κ3) is 6.60. The van der Waals surface area contributed by atoms with E-state index in [0.29, 0.717) is 24.3 Å². The number of aromatic nitrogens is 6. The molecule has 1 atom stereocenters. The molecule has 0 saturated carbocycles. The molecule has 11 nitrogen and oxygen atoms in total. The van der Waals surface area contributed by atoms with Crippen LogP contribution in [-0.2, 0) is 38.4 Å². The topological polar surface area (TPSA) is 150 Å². The Kier molecular flexibility index (Phi) is 8.95. The van der Waals surface area contributed by atoms with E-state index in [1.807, 2.05) is 0 Å². The van der Waals surface area contributed by atoms with Crippen LogP contribution in [0.15, 0.2) is 46.2 Å². The predicted molar refractivity (Wildman–Crippen MR) is 146 cm³/mol. The number of halogens is 6. The van der Waals surface area contributed by atoms with E-state index in [-0.39, 0.29) is 40.6 Å². The molecule has 0 bridgehead atoms. The number of hydrogen-bond acceptors (Lipinski definition) is 9. The summed E-state index contributed by atoms with van der Waals surface area (Å²) in [5, 5.41) is 26.6. The maximum Gasteiger partial charge on any atom is 0.416 e. The molecule has 0 amide bonds. The number of sulfone groups is 2. The van der Waals surface area contributed by atoms with Gasteiger partial charge in [0.1, 0.15) is 11.8 Å². The van der Waals surface area contributed by atoms with Gasteiger partial charge in [0, 0.05) is 6.42 Å². The summed E-state index contributed by atoms with van der Waals surface area (Å²) in [6.07, 6.45) is -11.4. The Morgan fingerprint density at radius 2 is 1.16 bits per heavy atom. The molecule has 2 heterocycles. The van der Waals surface area contributed by atoms with Crippen LogP contribution >= 0.6 is 0 Å². The van der Waals surface area contributed by atoms with E-state index >= 15 is 0 Å². The lowest BCUT2D eigenvalue weighted by Gasteiger charge is -2.15. The molecule has 4 rings (SSSR count). The molecule has 0 spiro atoms. The third-order valence-corrected chi connectivity index (χ3v) is 10.6. The van der Waals surface area contributed by atoms with Gasteiger partial charge >= 0.3 is 12.4 Å². The van der Waals surface area contributed by atoms with Crippen LogP contribution in [0, 0.1) is 13.8 Å². The van der Waals surface area contributed by atoms with Crippen LogP contribution in [0.5, 0.6) is 0 Å². The fourth-order valence-corrected chi connectivity index (χ4v) is 6.66. The highest BCUT2D eigenvalue weighted by Gasteiger charge is 2.35. The average Bonchev–Trinajstić information content (AvgIpc) is 3.53. The Morgan fingerprint density at radius 3 is 1.58 bits per heavy atom. The van der Waals surface area contributed by atoms with E-state index < -0.39 is 70.6 Å². The molecule has 1 N–H and O–H groups in total. The first-order valence-corrected chi connectivity index (χ1v) is 16.4. The summed E-state index contributed by atoms with van der Waals surface area (Å²) in [5.74, 6) is -0.991. The standard InChI is InChI=1S/C26H26F6N6O5S2/c1-5-44(40,41)22-11-16(25(27,28)29)7-9-19(22)37-14(3)18(33-35-37)13-21(39)24-15(4)38(36-34-24)20-10-8-17(26(30,31)32)12-23(20)45(42,43)6-2/h7-12,21,39H,5-6,13H2,1-4H3. The zero-order valence-corrected chi connectivity index (χ0v) is 25.6. The van der Waals surface area contributed by atoms with E-state index in [2.05, 4.69) is 20.6 Å². The number of alkyl halides is 6. The molecule has 0 saturated heterocycles. The van der Waals surface area contributed by atoms with Gasteiger partial charge in [0.05, 0.1) is 60.9 Å². The van der Waals surface area contributed by atoms with Gasteiger partial charge in [0.2, 0.25) is 0 Å². The molecule has 0 aliphatic carbocycles. The minimum atomic E-state index is -4.81. The molecule has 0 aliphatic rings. The first-order valence-electron chi connectivity index (χ1n) is 13.1. The summed E-state index contributed by atoms with van der Waals surface area (Å²) in [4.78, 5) is -1.25. The lowest BCUT2D eigenvalue weighted by atomic mass is 10.1. The lowest BCUT2D eigenvalue weighted by Crippen LogP contribution is -2.14. The maximum absolute atomic E-state index is 13.3. The van der Waals surface area contributed by atoms with Crippen LogP contribution < -0.4 is 0 Å². The van der Waals surface area contributed by atoms with E-state index in [1.165, 1.54) is 27.7 Å². The summed E-state index contributed by atoms with van der Waals surface area (Å²) in [7, 11) is -8.32. The third-order valence-electron chi connectivity index (χ3n) is 7.08. The van der Waals surface area contributed by atoms with Crippen LogP contribution in [0.25, 0.3) is 11.4 Å². The zero-order valence-electron chi connectivity index (χ0n) is 24.0. The van der Waals surface area contributed by atoms with Gasteiger partial charge in [-0.2, -0.15) is 26.3 Å². The van der Waals surface area contributed by atoms with Crippen LogP contribution in [-0.4, -0.2) is 63.4 Å². The molecular formula is C26H26F6N6O5S2. The lowest BCUT2D eigenvalue weighted by molar-refractivity contribution is -0.138. The van der Waals surface area contributed by atoms with Gasteiger partial charge in [-0.15, -0.1) is 10.2 Å². The van der Waals surface area contributed by atoms with E-state index in [1.54, 1.807) is 0 Å². The van der Waals surface area contributed by atoms with Crippen LogP contribution in [0.3, 0.4) is 0 Å². The number of nitrogens with zero attached hydrogens (tertiary/aromatic N) is 6. The molecule has 2 aromatic heterocycles. The van der Waals surface area contributed by atoms with Gasteiger partial charge in [0.25, 0.3) is 0 Å². The summed E-state index contributed by atoms with van der Waals surface area (Å²) in [6, 6.07) is 4.30. The first-order chi connectivity index (χ1) is 20.7. The summed E-state index contributed by atoms with van der Waals surface area (Å²) < 4.78 is 133. The summed E-state index contributed by atoms with van der Waals surface area (Å²) in [6.45, 7) is 5.40. The van der Waals surface area contributed by atoms with Crippen molar-refractivity contribution < 1.29 is 48.3 Å². The van der Waals surface area contributed by atoms with E-state index in [4.69, 9.17) is 0 Å². The molecule has 244 valence electrons. The SMILES string of the molecule is CCS(=O)(=O)c1cc(C(F)(F)F)ccc1-n1nnc(CC(O)c2nnn(-c3ccc(C(F)(F)F)cc3S(=O)(=O)CC)c2C)c1C. The molecule has 0 radical (unpaired) electrons. The quantitative estimate of drug-likeness (QED) is 0.255. The van der Waals surface area contributed by atoms with Gasteiger partial charge in [-0.05, 0) is 50.2 Å². The Bertz CT molecular complexity index is 1970. The van der Waals surface area contributed by atoms with Crippen molar-refractivity contribution >= 4 is 19.7 Å². The van der Waals surface area contributed by atoms with Crippen molar-refractivity contribution in [1.29, 1.82) is 0 Å². The minimum Gasteiger partial charge on any atom is -0.386 e.